The Hall–Kier alpha value is -1.77. The number of halogens is 4. The predicted molar refractivity (Wildman–Crippen MR) is 70.5 cm³/mol. The van der Waals surface area contributed by atoms with Crippen molar-refractivity contribution < 1.29 is 18.0 Å². The van der Waals surface area contributed by atoms with E-state index in [1.165, 1.54) is 0 Å². The molecule has 21 heavy (non-hydrogen) atoms. The van der Waals surface area contributed by atoms with Crippen molar-refractivity contribution in [1.29, 1.82) is 10.5 Å². The maximum absolute atomic E-state index is 12.5. The van der Waals surface area contributed by atoms with E-state index in [9.17, 15) is 18.0 Å². The van der Waals surface area contributed by atoms with Gasteiger partial charge in [-0.1, -0.05) is 11.6 Å². The first kappa shape index (κ1) is 17.3. The second-order valence-corrected chi connectivity index (χ2v) is 5.16. The van der Waals surface area contributed by atoms with Crippen molar-refractivity contribution in [2.24, 2.45) is 0 Å². The summed E-state index contributed by atoms with van der Waals surface area (Å²) in [6.07, 6.45) is -4.08. The number of Topliss-reactive ketones (excluding diaryl/α,β-unsaturated/α-hetero) is 1. The summed E-state index contributed by atoms with van der Waals surface area (Å²) >= 11 is 6.69. The Bertz CT molecular complexity index is 622. The van der Waals surface area contributed by atoms with Crippen LogP contribution < -0.4 is 0 Å². The molecular weight excluding hydrogens is 327 g/mol. The summed E-state index contributed by atoms with van der Waals surface area (Å²) in [7, 11) is 0. The molecule has 0 N–H and O–H groups in total. The third kappa shape index (κ3) is 4.62. The van der Waals surface area contributed by atoms with E-state index in [2.05, 4.69) is 4.98 Å². The van der Waals surface area contributed by atoms with E-state index in [0.29, 0.717) is 12.3 Å². The average molecular weight is 334 g/mol. The van der Waals surface area contributed by atoms with Crippen molar-refractivity contribution >= 4 is 29.1 Å². The molecule has 1 rings (SSSR count). The number of aromatic nitrogens is 1. The van der Waals surface area contributed by atoms with Crippen LogP contribution in [0, 0.1) is 22.7 Å². The van der Waals surface area contributed by atoms with Gasteiger partial charge in [0.25, 0.3) is 0 Å². The first-order valence-corrected chi connectivity index (χ1v) is 6.94. The molecule has 0 bridgehead atoms. The zero-order valence-corrected chi connectivity index (χ0v) is 11.9. The summed E-state index contributed by atoms with van der Waals surface area (Å²) in [4.78, 5) is 15.3. The number of nitrogens with zero attached hydrogens (tertiary/aromatic N) is 3. The molecule has 1 atom stereocenters. The van der Waals surface area contributed by atoms with Crippen LogP contribution in [0.25, 0.3) is 0 Å². The minimum Gasteiger partial charge on any atom is -0.297 e. The van der Waals surface area contributed by atoms with Gasteiger partial charge in [-0.25, -0.2) is 0 Å². The molecule has 0 saturated carbocycles. The first-order valence-electron chi connectivity index (χ1n) is 5.41. The second kappa shape index (κ2) is 7.30. The largest absolute Gasteiger partial charge is 0.417 e. The monoisotopic (exact) mass is 333 g/mol. The highest BCUT2D eigenvalue weighted by molar-refractivity contribution is 8.00. The fourth-order valence-electron chi connectivity index (χ4n) is 1.38. The number of carbonyl (C=O) groups excluding carboxylic acids is 1. The van der Waals surface area contributed by atoms with Gasteiger partial charge in [-0.05, 0) is 6.07 Å². The van der Waals surface area contributed by atoms with Crippen LogP contribution >= 0.6 is 23.4 Å². The smallest absolute Gasteiger partial charge is 0.297 e. The predicted octanol–water partition coefficient (Wildman–Crippen LogP) is 3.19. The summed E-state index contributed by atoms with van der Waals surface area (Å²) in [6, 6.07) is 4.12. The maximum Gasteiger partial charge on any atom is 0.417 e. The van der Waals surface area contributed by atoms with E-state index in [4.69, 9.17) is 22.1 Å². The Kier molecular flexibility index (Phi) is 6.01. The highest BCUT2D eigenvalue weighted by Crippen LogP contribution is 2.33. The number of carbonyl (C=O) groups is 1. The number of pyridine rings is 1. The van der Waals surface area contributed by atoms with Crippen LogP contribution in [0.2, 0.25) is 5.02 Å². The second-order valence-electron chi connectivity index (χ2n) is 3.77. The fraction of sp³-hybridized carbons (Fsp3) is 0.333. The lowest BCUT2D eigenvalue weighted by molar-refractivity contribution is -0.137. The normalized spacial score (nSPS) is 12.3. The van der Waals surface area contributed by atoms with Crippen LogP contribution in [0.15, 0.2) is 12.3 Å². The van der Waals surface area contributed by atoms with Crippen LogP contribution in [0.1, 0.15) is 17.2 Å². The Balaban J connectivity index is 3.00. The van der Waals surface area contributed by atoms with Crippen molar-refractivity contribution in [2.45, 2.75) is 12.1 Å². The van der Waals surface area contributed by atoms with Crippen LogP contribution in [-0.2, 0) is 11.0 Å². The summed E-state index contributed by atoms with van der Waals surface area (Å²) in [5, 5.41) is 17.0. The molecule has 1 aromatic heterocycles. The van der Waals surface area contributed by atoms with Gasteiger partial charge in [-0.2, -0.15) is 23.7 Å². The quantitative estimate of drug-likeness (QED) is 0.773. The summed E-state index contributed by atoms with van der Waals surface area (Å²) in [5.41, 5.74) is -1.27. The molecule has 1 aromatic rings. The van der Waals surface area contributed by atoms with Gasteiger partial charge < -0.3 is 0 Å². The molecule has 0 aliphatic carbocycles. The van der Waals surface area contributed by atoms with Crippen LogP contribution in [0.4, 0.5) is 13.2 Å². The molecule has 110 valence electrons. The minimum atomic E-state index is -4.61. The van der Waals surface area contributed by atoms with Gasteiger partial charge in [0.1, 0.15) is 5.92 Å². The van der Waals surface area contributed by atoms with Crippen molar-refractivity contribution in [3.63, 3.8) is 0 Å². The molecular formula is C12H7ClF3N3OS. The number of nitriles is 2. The summed E-state index contributed by atoms with van der Waals surface area (Å²) < 4.78 is 37.4. The number of rotatable bonds is 5. The highest BCUT2D eigenvalue weighted by atomic mass is 35.5. The number of ketones is 1. The molecule has 0 fully saturated rings. The van der Waals surface area contributed by atoms with Crippen molar-refractivity contribution in [1.82, 2.24) is 4.98 Å². The van der Waals surface area contributed by atoms with Crippen LogP contribution in [0.3, 0.4) is 0 Å². The Morgan fingerprint density at radius 1 is 1.48 bits per heavy atom. The van der Waals surface area contributed by atoms with Gasteiger partial charge in [0, 0.05) is 6.20 Å². The zero-order valence-electron chi connectivity index (χ0n) is 10.3. The minimum absolute atomic E-state index is 0.0675. The number of hydrogen-bond donors (Lipinski definition) is 0. The number of alkyl halides is 3. The Morgan fingerprint density at radius 2 is 2.14 bits per heavy atom. The molecule has 0 amide bonds. The average Bonchev–Trinajstić information content (AvgIpc) is 2.40. The molecule has 1 heterocycles. The molecule has 0 unspecified atom stereocenters. The molecule has 9 heteroatoms. The summed E-state index contributed by atoms with van der Waals surface area (Å²) in [5.74, 6) is -1.97. The van der Waals surface area contributed by atoms with Gasteiger partial charge in [0.05, 0.1) is 39.9 Å². The van der Waals surface area contributed by atoms with E-state index < -0.39 is 28.5 Å². The SMILES string of the molecule is N#CCSCC(=O)[C@@H](C#N)c1ncc(C(F)(F)F)cc1Cl. The van der Waals surface area contributed by atoms with Crippen LogP contribution in [0.5, 0.6) is 0 Å². The van der Waals surface area contributed by atoms with Crippen molar-refractivity contribution in [3.05, 3.63) is 28.5 Å². The van der Waals surface area contributed by atoms with Crippen LogP contribution in [-0.4, -0.2) is 22.3 Å². The third-order valence-corrected chi connectivity index (χ3v) is 3.46. The molecule has 0 radical (unpaired) electrons. The highest BCUT2D eigenvalue weighted by Gasteiger charge is 2.33. The maximum atomic E-state index is 12.5. The standard InChI is InChI=1S/C12H7ClF3N3OS/c13-9-3-7(12(14,15)16)5-19-11(9)8(4-18)10(20)6-21-2-1-17/h3,5,8H,2,6H2/t8-/m1/s1. The summed E-state index contributed by atoms with van der Waals surface area (Å²) in [6.45, 7) is 0. The third-order valence-electron chi connectivity index (χ3n) is 2.33. The van der Waals surface area contributed by atoms with Gasteiger partial charge in [0.2, 0.25) is 0 Å². The van der Waals surface area contributed by atoms with E-state index >= 15 is 0 Å². The molecule has 0 aliphatic heterocycles. The molecule has 0 spiro atoms. The van der Waals surface area contributed by atoms with Crippen molar-refractivity contribution in [3.8, 4) is 12.1 Å². The van der Waals surface area contributed by atoms with E-state index in [1.54, 1.807) is 6.07 Å². The van der Waals surface area contributed by atoms with E-state index in [1.807, 2.05) is 6.07 Å². The number of hydrogen-bond acceptors (Lipinski definition) is 5. The Morgan fingerprint density at radius 3 is 2.62 bits per heavy atom. The zero-order chi connectivity index (χ0) is 16.0. The van der Waals surface area contributed by atoms with E-state index in [0.717, 1.165) is 11.8 Å². The topological polar surface area (TPSA) is 77.5 Å². The van der Waals surface area contributed by atoms with Gasteiger partial charge in [-0.3, -0.25) is 9.78 Å². The lowest BCUT2D eigenvalue weighted by Gasteiger charge is -2.11. The Labute approximate surface area is 127 Å². The molecule has 0 saturated heterocycles. The molecule has 0 aromatic carbocycles. The van der Waals surface area contributed by atoms with Gasteiger partial charge in [-0.15, -0.1) is 11.8 Å². The molecule has 4 nitrogen and oxygen atoms in total. The number of thioether (sulfide) groups is 1. The lowest BCUT2D eigenvalue weighted by atomic mass is 10.0. The lowest BCUT2D eigenvalue weighted by Crippen LogP contribution is -2.16. The van der Waals surface area contributed by atoms with Gasteiger partial charge >= 0.3 is 6.18 Å². The fourth-order valence-corrected chi connectivity index (χ4v) is 2.22. The van der Waals surface area contributed by atoms with E-state index in [-0.39, 0.29) is 17.2 Å². The van der Waals surface area contributed by atoms with Crippen molar-refractivity contribution in [2.75, 3.05) is 11.5 Å². The first-order chi connectivity index (χ1) is 9.81. The van der Waals surface area contributed by atoms with Gasteiger partial charge in [0.15, 0.2) is 5.78 Å². The molecule has 0 aliphatic rings.